The zero-order valence-electron chi connectivity index (χ0n) is 25.6. The molecule has 0 spiro atoms. The standard InChI is InChI=1S/C33H41N3O6S/c1-33(2,3)42-32(40)36(20-13-15-34(4)16-14-20)25-7-6-8-26-23(25)17-27(43-26)21-11-12-22-28(30(21)41-5)35(19-9-10-19)18-24(29(22)37)31(38)39/h11-12,17-20,25H,6-10,13-16H2,1-5H3,(H,38,39). The quantitative estimate of drug-likeness (QED) is 0.342. The monoisotopic (exact) mass is 607 g/mol. The van der Waals surface area contributed by atoms with Gasteiger partial charge in [0.2, 0.25) is 5.43 Å². The van der Waals surface area contributed by atoms with Gasteiger partial charge in [0.25, 0.3) is 0 Å². The number of methoxy groups -OCH3 is 1. The van der Waals surface area contributed by atoms with Crippen LogP contribution in [0, 0.1) is 0 Å². The molecule has 1 aromatic carbocycles. The van der Waals surface area contributed by atoms with Gasteiger partial charge in [-0.1, -0.05) is 0 Å². The number of pyridine rings is 1. The van der Waals surface area contributed by atoms with Crippen molar-refractivity contribution in [3.05, 3.63) is 50.6 Å². The number of piperidine rings is 1. The lowest BCUT2D eigenvalue weighted by Gasteiger charge is -2.43. The van der Waals surface area contributed by atoms with E-state index in [0.29, 0.717) is 16.7 Å². The number of likely N-dealkylation sites (tertiary alicyclic amines) is 1. The fraction of sp³-hybridized carbons (Fsp3) is 0.545. The number of carboxylic acids is 1. The summed E-state index contributed by atoms with van der Waals surface area (Å²) >= 11 is 1.71. The fourth-order valence-electron chi connectivity index (χ4n) is 6.68. The largest absolute Gasteiger partial charge is 0.494 e. The molecule has 1 saturated carbocycles. The molecule has 3 aliphatic rings. The van der Waals surface area contributed by atoms with Crippen LogP contribution in [0.5, 0.6) is 5.75 Å². The Hall–Kier alpha value is -3.37. The van der Waals surface area contributed by atoms with Gasteiger partial charge >= 0.3 is 12.1 Å². The Balaban J connectivity index is 1.45. The molecule has 1 aliphatic heterocycles. The third kappa shape index (κ3) is 5.67. The lowest BCUT2D eigenvalue weighted by Crippen LogP contribution is -2.50. The Bertz CT molecular complexity index is 1620. The highest BCUT2D eigenvalue weighted by Gasteiger charge is 2.39. The molecule has 3 heterocycles. The zero-order chi connectivity index (χ0) is 30.6. The van der Waals surface area contributed by atoms with Crippen molar-refractivity contribution in [2.75, 3.05) is 27.2 Å². The number of ether oxygens (including phenoxy) is 2. The number of hydrogen-bond donors (Lipinski definition) is 1. The Kier molecular flexibility index (Phi) is 7.79. The van der Waals surface area contributed by atoms with Crippen LogP contribution in [0.3, 0.4) is 0 Å². The van der Waals surface area contributed by atoms with E-state index in [0.717, 1.165) is 68.5 Å². The molecule has 43 heavy (non-hydrogen) atoms. The van der Waals surface area contributed by atoms with Crippen molar-refractivity contribution in [1.82, 2.24) is 14.4 Å². The van der Waals surface area contributed by atoms with E-state index in [1.54, 1.807) is 24.5 Å². The zero-order valence-corrected chi connectivity index (χ0v) is 26.5. The molecule has 10 heteroatoms. The minimum atomic E-state index is -1.22. The number of carbonyl (C=O) groups is 2. The van der Waals surface area contributed by atoms with Gasteiger partial charge < -0.3 is 24.0 Å². The molecule has 0 radical (unpaired) electrons. The second-order valence-electron chi connectivity index (χ2n) is 13.2. The highest BCUT2D eigenvalue weighted by molar-refractivity contribution is 7.15. The number of amides is 1. The molecule has 0 bridgehead atoms. The number of thiophene rings is 1. The number of hydrogen-bond acceptors (Lipinski definition) is 7. The first-order chi connectivity index (χ1) is 20.5. The molecule has 6 rings (SSSR count). The van der Waals surface area contributed by atoms with Crippen LogP contribution in [0.2, 0.25) is 0 Å². The number of aryl methyl sites for hydroxylation is 1. The molecule has 9 nitrogen and oxygen atoms in total. The minimum absolute atomic E-state index is 0.0776. The van der Waals surface area contributed by atoms with Gasteiger partial charge in [-0.05, 0) is 110 Å². The summed E-state index contributed by atoms with van der Waals surface area (Å²) in [5.74, 6) is -0.645. The molecular formula is C33H41N3O6S. The molecule has 2 fully saturated rings. The fourth-order valence-corrected chi connectivity index (χ4v) is 7.96. The average Bonchev–Trinajstić information content (AvgIpc) is 3.70. The maximum Gasteiger partial charge on any atom is 0.411 e. The summed E-state index contributed by atoms with van der Waals surface area (Å²) in [6, 6.07) is 5.99. The Morgan fingerprint density at radius 1 is 1.09 bits per heavy atom. The third-order valence-electron chi connectivity index (χ3n) is 8.89. The van der Waals surface area contributed by atoms with E-state index >= 15 is 0 Å². The SMILES string of the molecule is COc1c(-c2cc3c(s2)CCCC3N(C(=O)OC(C)(C)C)C2CCN(C)CC2)ccc2c(=O)c(C(=O)O)cn(C3CC3)c12. The summed E-state index contributed by atoms with van der Waals surface area (Å²) in [4.78, 5) is 45.5. The summed E-state index contributed by atoms with van der Waals surface area (Å²) in [7, 11) is 3.73. The van der Waals surface area contributed by atoms with Crippen LogP contribution in [0.15, 0.2) is 29.2 Å². The number of aromatic carboxylic acids is 1. The van der Waals surface area contributed by atoms with Crippen LogP contribution < -0.4 is 10.2 Å². The van der Waals surface area contributed by atoms with Crippen molar-refractivity contribution in [3.63, 3.8) is 0 Å². The van der Waals surface area contributed by atoms with Crippen molar-refractivity contribution in [1.29, 1.82) is 0 Å². The Labute approximate surface area is 256 Å². The number of benzene rings is 1. The van der Waals surface area contributed by atoms with Gasteiger partial charge in [-0.15, -0.1) is 11.3 Å². The van der Waals surface area contributed by atoms with Crippen molar-refractivity contribution >= 4 is 34.3 Å². The summed E-state index contributed by atoms with van der Waals surface area (Å²) in [5.41, 5.74) is 1.36. The summed E-state index contributed by atoms with van der Waals surface area (Å²) in [6.07, 6.45) is 7.71. The summed E-state index contributed by atoms with van der Waals surface area (Å²) in [5, 5.41) is 10.1. The van der Waals surface area contributed by atoms with E-state index in [1.807, 2.05) is 36.3 Å². The first kappa shape index (κ1) is 29.7. The number of carboxylic acid groups (broad SMARTS) is 1. The number of nitrogens with zero attached hydrogens (tertiary/aromatic N) is 3. The van der Waals surface area contributed by atoms with Crippen LogP contribution in [-0.2, 0) is 11.2 Å². The molecular weight excluding hydrogens is 566 g/mol. The van der Waals surface area contributed by atoms with E-state index in [2.05, 4.69) is 18.0 Å². The van der Waals surface area contributed by atoms with Gasteiger partial charge in [0.1, 0.15) is 11.2 Å². The lowest BCUT2D eigenvalue weighted by atomic mass is 9.89. The van der Waals surface area contributed by atoms with Gasteiger partial charge in [0, 0.05) is 33.6 Å². The van der Waals surface area contributed by atoms with Gasteiger partial charge in [-0.25, -0.2) is 9.59 Å². The first-order valence-corrected chi connectivity index (χ1v) is 16.1. The van der Waals surface area contributed by atoms with Gasteiger partial charge in [-0.2, -0.15) is 0 Å². The molecule has 1 saturated heterocycles. The molecule has 2 aromatic heterocycles. The van der Waals surface area contributed by atoms with Crippen LogP contribution in [-0.4, -0.2) is 70.4 Å². The molecule has 1 N–H and O–H groups in total. The van der Waals surface area contributed by atoms with E-state index in [9.17, 15) is 19.5 Å². The van der Waals surface area contributed by atoms with E-state index in [-0.39, 0.29) is 29.8 Å². The van der Waals surface area contributed by atoms with Crippen molar-refractivity contribution in [2.24, 2.45) is 0 Å². The number of fused-ring (bicyclic) bond motifs is 2. The number of carbonyl (C=O) groups excluding carboxylic acids is 1. The van der Waals surface area contributed by atoms with E-state index < -0.39 is 17.0 Å². The normalized spacial score (nSPS) is 19.7. The van der Waals surface area contributed by atoms with Gasteiger partial charge in [0.15, 0.2) is 5.75 Å². The van der Waals surface area contributed by atoms with Crippen LogP contribution >= 0.6 is 11.3 Å². The summed E-state index contributed by atoms with van der Waals surface area (Å²) < 4.78 is 13.9. The van der Waals surface area contributed by atoms with Gasteiger partial charge in [0.05, 0.1) is 24.1 Å². The number of aromatic nitrogens is 1. The van der Waals surface area contributed by atoms with Crippen molar-refractivity contribution in [3.8, 4) is 16.2 Å². The molecule has 3 aromatic rings. The minimum Gasteiger partial charge on any atom is -0.494 e. The highest BCUT2D eigenvalue weighted by Crippen LogP contribution is 2.48. The third-order valence-corrected chi connectivity index (χ3v) is 10.1. The highest BCUT2D eigenvalue weighted by atomic mass is 32.1. The van der Waals surface area contributed by atoms with Crippen LogP contribution in [0.4, 0.5) is 4.79 Å². The predicted octanol–water partition coefficient (Wildman–Crippen LogP) is 6.48. The second-order valence-corrected chi connectivity index (χ2v) is 14.3. The maximum atomic E-state index is 13.8. The topological polar surface area (TPSA) is 101 Å². The average molecular weight is 608 g/mol. The number of rotatable bonds is 6. The molecule has 1 amide bonds. The Morgan fingerprint density at radius 3 is 2.44 bits per heavy atom. The van der Waals surface area contributed by atoms with E-state index in [4.69, 9.17) is 9.47 Å². The van der Waals surface area contributed by atoms with Crippen LogP contribution in [0.1, 0.15) is 92.2 Å². The molecule has 230 valence electrons. The predicted molar refractivity (Wildman–Crippen MR) is 168 cm³/mol. The molecule has 1 unspecified atom stereocenters. The van der Waals surface area contributed by atoms with Crippen molar-refractivity contribution < 1.29 is 24.2 Å². The maximum absolute atomic E-state index is 13.8. The molecule has 1 atom stereocenters. The van der Waals surface area contributed by atoms with Crippen LogP contribution in [0.25, 0.3) is 21.3 Å². The molecule has 2 aliphatic carbocycles. The summed E-state index contributed by atoms with van der Waals surface area (Å²) in [6.45, 7) is 7.64. The lowest BCUT2D eigenvalue weighted by molar-refractivity contribution is -0.00596. The van der Waals surface area contributed by atoms with Crippen molar-refractivity contribution in [2.45, 2.75) is 89.4 Å². The van der Waals surface area contributed by atoms with Gasteiger partial charge in [-0.3, -0.25) is 9.69 Å². The smallest absolute Gasteiger partial charge is 0.411 e. The first-order valence-electron chi connectivity index (χ1n) is 15.3. The second kappa shape index (κ2) is 11.3. The Morgan fingerprint density at radius 2 is 1.81 bits per heavy atom. The van der Waals surface area contributed by atoms with E-state index in [1.165, 1.54) is 16.6 Å².